The van der Waals surface area contributed by atoms with Gasteiger partial charge in [0.25, 0.3) is 0 Å². The number of rotatable bonds is 13. The second-order valence-electron chi connectivity index (χ2n) is 7.17. The minimum Gasteiger partial charge on any atom is -0.370 e. The van der Waals surface area contributed by atoms with E-state index in [1.165, 1.54) is 24.8 Å². The van der Waals surface area contributed by atoms with Crippen LogP contribution in [0.1, 0.15) is 63.9 Å². The number of epoxide rings is 1. The number of hydrogen-bond acceptors (Lipinski definition) is 3. The van der Waals surface area contributed by atoms with Crippen molar-refractivity contribution in [3.05, 3.63) is 35.9 Å². The zero-order chi connectivity index (χ0) is 18.8. The molecule has 0 saturated carbocycles. The van der Waals surface area contributed by atoms with Gasteiger partial charge in [-0.15, -0.1) is 0 Å². The molecule has 1 aromatic rings. The Morgan fingerprint density at radius 1 is 1.15 bits per heavy atom. The summed E-state index contributed by atoms with van der Waals surface area (Å²) in [5.41, 5.74) is 6.62. The maximum absolute atomic E-state index is 12.2. The van der Waals surface area contributed by atoms with Gasteiger partial charge in [0, 0.05) is 12.8 Å². The van der Waals surface area contributed by atoms with Crippen LogP contribution in [0, 0.1) is 0 Å². The van der Waals surface area contributed by atoms with Gasteiger partial charge in [-0.25, -0.2) is 0 Å². The van der Waals surface area contributed by atoms with Crippen LogP contribution in [0.4, 0.5) is 0 Å². The number of carbonyl (C=O) groups is 2. The number of primary amides is 1. The van der Waals surface area contributed by atoms with E-state index in [9.17, 15) is 9.59 Å². The molecule has 1 heterocycles. The van der Waals surface area contributed by atoms with Crippen molar-refractivity contribution in [2.24, 2.45) is 5.73 Å². The topological polar surface area (TPSA) is 84.7 Å². The van der Waals surface area contributed by atoms with Crippen molar-refractivity contribution in [1.82, 2.24) is 5.32 Å². The smallest absolute Gasteiger partial charge is 0.220 e. The zero-order valence-corrected chi connectivity index (χ0v) is 15.8. The van der Waals surface area contributed by atoms with Crippen molar-refractivity contribution in [1.29, 1.82) is 0 Å². The first kappa shape index (κ1) is 20.4. The molecule has 2 rings (SSSR count). The molecule has 0 aromatic heterocycles. The van der Waals surface area contributed by atoms with E-state index in [1.54, 1.807) is 0 Å². The predicted octanol–water partition coefficient (Wildman–Crippen LogP) is 3.11. The number of carbonyl (C=O) groups excluding carboxylic acids is 2. The standard InChI is InChI=1S/C21H32N2O3/c1-2-3-4-5-9-12-20(25)23-17(15-19(22)24)21-18(26-21)14-13-16-10-7-6-8-11-16/h6-8,10-11,17-18,21H,2-5,9,12-15H2,1H3,(H2,22,24)(H,23,25)/t17-,18?,21?/m1/s1. The lowest BCUT2D eigenvalue weighted by molar-refractivity contribution is -0.123. The summed E-state index contributed by atoms with van der Waals surface area (Å²) >= 11 is 0. The molecule has 1 aromatic carbocycles. The molecular formula is C21H32N2O3. The summed E-state index contributed by atoms with van der Waals surface area (Å²) in [6, 6.07) is 9.93. The van der Waals surface area contributed by atoms with Crippen molar-refractivity contribution < 1.29 is 14.3 Å². The highest BCUT2D eigenvalue weighted by atomic mass is 16.6. The summed E-state index contributed by atoms with van der Waals surface area (Å²) < 4.78 is 5.74. The fourth-order valence-corrected chi connectivity index (χ4v) is 3.33. The molecule has 1 aliphatic heterocycles. The van der Waals surface area contributed by atoms with Crippen LogP contribution in [0.5, 0.6) is 0 Å². The van der Waals surface area contributed by atoms with E-state index >= 15 is 0 Å². The van der Waals surface area contributed by atoms with Crippen LogP contribution in [0.3, 0.4) is 0 Å². The number of aryl methyl sites for hydroxylation is 1. The van der Waals surface area contributed by atoms with Crippen molar-refractivity contribution in [3.63, 3.8) is 0 Å². The highest BCUT2D eigenvalue weighted by molar-refractivity contribution is 5.79. The van der Waals surface area contributed by atoms with E-state index in [0.29, 0.717) is 6.42 Å². The lowest BCUT2D eigenvalue weighted by atomic mass is 10.0. The Hall–Kier alpha value is -1.88. The monoisotopic (exact) mass is 360 g/mol. The van der Waals surface area contributed by atoms with E-state index in [0.717, 1.165) is 25.7 Å². The first-order valence-corrected chi connectivity index (χ1v) is 9.87. The molecule has 1 aliphatic rings. The van der Waals surface area contributed by atoms with Gasteiger partial charge < -0.3 is 15.8 Å². The number of amides is 2. The molecule has 1 saturated heterocycles. The third-order valence-electron chi connectivity index (χ3n) is 4.85. The van der Waals surface area contributed by atoms with E-state index in [1.807, 2.05) is 18.2 Å². The molecule has 2 amide bonds. The number of nitrogens with one attached hydrogen (secondary N) is 1. The lowest BCUT2D eigenvalue weighted by Gasteiger charge is -2.15. The van der Waals surface area contributed by atoms with E-state index in [4.69, 9.17) is 10.5 Å². The average molecular weight is 360 g/mol. The molecule has 3 N–H and O–H groups in total. The van der Waals surface area contributed by atoms with Gasteiger partial charge in [-0.05, 0) is 24.8 Å². The van der Waals surface area contributed by atoms with Crippen molar-refractivity contribution in [2.75, 3.05) is 0 Å². The first-order chi connectivity index (χ1) is 12.6. The summed E-state index contributed by atoms with van der Waals surface area (Å²) in [6.45, 7) is 2.17. The van der Waals surface area contributed by atoms with Crippen LogP contribution < -0.4 is 11.1 Å². The van der Waals surface area contributed by atoms with Gasteiger partial charge in [-0.1, -0.05) is 62.9 Å². The number of nitrogens with two attached hydrogens (primary N) is 1. The van der Waals surface area contributed by atoms with Gasteiger partial charge in [0.2, 0.25) is 11.8 Å². The third kappa shape index (κ3) is 7.56. The Morgan fingerprint density at radius 3 is 2.58 bits per heavy atom. The Balaban J connectivity index is 1.73. The van der Waals surface area contributed by atoms with Crippen molar-refractivity contribution in [3.8, 4) is 0 Å². The first-order valence-electron chi connectivity index (χ1n) is 9.87. The second kappa shape index (κ2) is 11.0. The predicted molar refractivity (Wildman–Crippen MR) is 103 cm³/mol. The molecular weight excluding hydrogens is 328 g/mol. The van der Waals surface area contributed by atoms with Crippen molar-refractivity contribution in [2.45, 2.75) is 83.0 Å². The van der Waals surface area contributed by atoms with Crippen LogP contribution in [-0.4, -0.2) is 30.1 Å². The molecule has 5 nitrogen and oxygen atoms in total. The summed E-state index contributed by atoms with van der Waals surface area (Å²) in [7, 11) is 0. The van der Waals surface area contributed by atoms with E-state index < -0.39 is 5.91 Å². The fourth-order valence-electron chi connectivity index (χ4n) is 3.33. The normalized spacial score (nSPS) is 19.7. The van der Waals surface area contributed by atoms with Gasteiger partial charge >= 0.3 is 0 Å². The lowest BCUT2D eigenvalue weighted by Crippen LogP contribution is -2.42. The van der Waals surface area contributed by atoms with Crippen LogP contribution in [0.25, 0.3) is 0 Å². The van der Waals surface area contributed by atoms with Crippen LogP contribution in [-0.2, 0) is 20.7 Å². The van der Waals surface area contributed by atoms with Crippen LogP contribution in [0.15, 0.2) is 30.3 Å². The molecule has 144 valence electrons. The van der Waals surface area contributed by atoms with Gasteiger partial charge in [0.05, 0.1) is 12.1 Å². The van der Waals surface area contributed by atoms with Gasteiger partial charge in [-0.2, -0.15) is 0 Å². The molecule has 0 radical (unpaired) electrons. The number of hydrogen-bond donors (Lipinski definition) is 2. The number of benzene rings is 1. The Labute approximate surface area is 156 Å². The maximum Gasteiger partial charge on any atom is 0.220 e. The Bertz CT molecular complexity index is 562. The fraction of sp³-hybridized carbons (Fsp3) is 0.619. The summed E-state index contributed by atoms with van der Waals surface area (Å²) in [5, 5.41) is 2.96. The Kier molecular flexibility index (Phi) is 8.62. The summed E-state index contributed by atoms with van der Waals surface area (Å²) in [6.07, 6.45) is 7.96. The third-order valence-corrected chi connectivity index (χ3v) is 4.85. The quantitative estimate of drug-likeness (QED) is 0.419. The van der Waals surface area contributed by atoms with E-state index in [-0.39, 0.29) is 30.6 Å². The minimum atomic E-state index is -0.407. The van der Waals surface area contributed by atoms with Gasteiger partial charge in [-0.3, -0.25) is 9.59 Å². The van der Waals surface area contributed by atoms with Gasteiger partial charge in [0.15, 0.2) is 0 Å². The van der Waals surface area contributed by atoms with Gasteiger partial charge in [0.1, 0.15) is 6.10 Å². The Morgan fingerprint density at radius 2 is 1.88 bits per heavy atom. The number of unbranched alkanes of at least 4 members (excludes halogenated alkanes) is 4. The molecule has 2 unspecified atom stereocenters. The minimum absolute atomic E-state index is 0.00921. The zero-order valence-electron chi connectivity index (χ0n) is 15.8. The number of ether oxygens (including phenoxy) is 1. The van der Waals surface area contributed by atoms with E-state index in [2.05, 4.69) is 24.4 Å². The van der Waals surface area contributed by atoms with Crippen molar-refractivity contribution >= 4 is 11.8 Å². The molecule has 5 heteroatoms. The summed E-state index contributed by atoms with van der Waals surface area (Å²) in [5.74, 6) is -0.416. The molecule has 0 bridgehead atoms. The largest absolute Gasteiger partial charge is 0.370 e. The SMILES string of the molecule is CCCCCCCC(=O)N[C@H](CC(N)=O)C1OC1CCc1ccccc1. The van der Waals surface area contributed by atoms with Crippen LogP contribution in [0.2, 0.25) is 0 Å². The van der Waals surface area contributed by atoms with Crippen LogP contribution >= 0.6 is 0 Å². The molecule has 3 atom stereocenters. The molecule has 0 spiro atoms. The molecule has 1 fully saturated rings. The highest BCUT2D eigenvalue weighted by Crippen LogP contribution is 2.31. The molecule has 0 aliphatic carbocycles. The summed E-state index contributed by atoms with van der Waals surface area (Å²) in [4.78, 5) is 23.5. The maximum atomic E-state index is 12.2. The highest BCUT2D eigenvalue weighted by Gasteiger charge is 2.45. The average Bonchev–Trinajstić information content (AvgIpc) is 3.39. The molecule has 26 heavy (non-hydrogen) atoms. The second-order valence-corrected chi connectivity index (χ2v) is 7.17.